The molecule has 0 aliphatic carbocycles. The van der Waals surface area contributed by atoms with Crippen molar-refractivity contribution in [1.82, 2.24) is 9.55 Å². The van der Waals surface area contributed by atoms with Crippen molar-refractivity contribution in [3.63, 3.8) is 0 Å². The Morgan fingerprint density at radius 2 is 1.15 bits per heavy atom. The smallest absolute Gasteiger partial charge is 0.462 e. The third kappa shape index (κ3) is 29.4. The van der Waals surface area contributed by atoms with Gasteiger partial charge in [-0.05, 0) is 70.3 Å². The zero-order valence-corrected chi connectivity index (χ0v) is 42.7. The average molecular weight is 1010 g/mol. The Hall–Kier alpha value is -2.76. The molecule has 6 N–H and O–H groups in total. The summed E-state index contributed by atoms with van der Waals surface area (Å²) in [5.74, 6) is -1.31. The lowest BCUT2D eigenvalue weighted by atomic mass is 10.1. The normalized spacial score (nSPS) is 19.6. The van der Waals surface area contributed by atoms with E-state index in [0.717, 1.165) is 81.6 Å². The molecule has 1 aromatic rings. The number of nitrogens with zero attached hydrogens (tertiary/aromatic N) is 2. The molecular weight excluding hydrogens is 920 g/mol. The van der Waals surface area contributed by atoms with Gasteiger partial charge in [0.2, 0.25) is 0 Å². The van der Waals surface area contributed by atoms with Crippen LogP contribution in [0.4, 0.5) is 5.82 Å². The molecule has 0 saturated carbocycles. The lowest BCUT2D eigenvalue weighted by molar-refractivity contribution is -0.161. The third-order valence-electron chi connectivity index (χ3n) is 11.5. The number of esters is 2. The third-order valence-corrected chi connectivity index (χ3v) is 14.1. The van der Waals surface area contributed by atoms with Crippen LogP contribution in [0.25, 0.3) is 0 Å². The predicted molar refractivity (Wildman–Crippen MR) is 261 cm³/mol. The van der Waals surface area contributed by atoms with Gasteiger partial charge in [0.25, 0.3) is 0 Å². The van der Waals surface area contributed by atoms with Crippen LogP contribution >= 0.6 is 15.6 Å². The van der Waals surface area contributed by atoms with Gasteiger partial charge >= 0.3 is 33.3 Å². The molecule has 68 heavy (non-hydrogen) atoms. The first kappa shape index (κ1) is 61.4. The summed E-state index contributed by atoms with van der Waals surface area (Å²) in [6.07, 6.45) is 31.1. The number of rotatable bonds is 42. The number of carbonyl (C=O) groups is 2. The minimum absolute atomic E-state index is 0.0403. The topological polar surface area (TPSA) is 265 Å². The zero-order valence-electron chi connectivity index (χ0n) is 40.9. The van der Waals surface area contributed by atoms with Crippen molar-refractivity contribution in [3.8, 4) is 0 Å². The number of unbranched alkanes of at least 4 members (excludes halogenated alkanes) is 22. The van der Waals surface area contributed by atoms with Gasteiger partial charge in [-0.2, -0.15) is 9.29 Å². The maximum atomic E-state index is 12.8. The van der Waals surface area contributed by atoms with E-state index in [4.69, 9.17) is 29.0 Å². The molecule has 0 spiro atoms. The lowest BCUT2D eigenvalue weighted by Crippen LogP contribution is -2.36. The number of phosphoric acid groups is 2. The summed E-state index contributed by atoms with van der Waals surface area (Å²) >= 11 is 0. The van der Waals surface area contributed by atoms with E-state index in [2.05, 4.69) is 47.4 Å². The molecule has 1 saturated heterocycles. The monoisotopic (exact) mass is 1010 g/mol. The highest BCUT2D eigenvalue weighted by Gasteiger charge is 2.46. The van der Waals surface area contributed by atoms with Crippen molar-refractivity contribution in [2.75, 3.05) is 25.6 Å². The maximum Gasteiger partial charge on any atom is 0.481 e. The number of ether oxygens (including phenoxy) is 3. The molecule has 2 rings (SSSR count). The summed E-state index contributed by atoms with van der Waals surface area (Å²) in [5.41, 5.74) is 4.59. The Balaban J connectivity index is 1.81. The van der Waals surface area contributed by atoms with Crippen LogP contribution in [0, 0.1) is 0 Å². The van der Waals surface area contributed by atoms with Crippen LogP contribution in [0.2, 0.25) is 0 Å². The average Bonchev–Trinajstić information content (AvgIpc) is 3.57. The fraction of sp³-hybridized carbons (Fsp3) is 0.792. The number of allylic oxidation sites excluding steroid dienone is 4. The summed E-state index contributed by atoms with van der Waals surface area (Å²) < 4.78 is 56.8. The zero-order chi connectivity index (χ0) is 49.9. The van der Waals surface area contributed by atoms with Crippen molar-refractivity contribution in [2.45, 2.75) is 224 Å². The van der Waals surface area contributed by atoms with E-state index >= 15 is 0 Å². The number of hydrogen-bond donors (Lipinski definition) is 5. The number of nitrogen functional groups attached to an aromatic ring is 1. The number of aliphatic hydroxyl groups excluding tert-OH is 2. The molecule has 1 fully saturated rings. The molecule has 1 aliphatic heterocycles. The fourth-order valence-corrected chi connectivity index (χ4v) is 9.65. The molecule has 1 aliphatic rings. The second kappa shape index (κ2) is 37.1. The summed E-state index contributed by atoms with van der Waals surface area (Å²) in [4.78, 5) is 61.9. The quantitative estimate of drug-likeness (QED) is 0.0176. The van der Waals surface area contributed by atoms with Gasteiger partial charge in [-0.25, -0.2) is 13.9 Å². The predicted octanol–water partition coefficient (Wildman–Crippen LogP) is 10.2. The first-order valence-electron chi connectivity index (χ1n) is 25.3. The molecule has 392 valence electrons. The Labute approximate surface area is 405 Å². The first-order chi connectivity index (χ1) is 32.7. The van der Waals surface area contributed by atoms with Crippen molar-refractivity contribution >= 4 is 33.4 Å². The molecule has 2 heterocycles. The second-order valence-electron chi connectivity index (χ2n) is 17.7. The highest BCUT2D eigenvalue weighted by atomic mass is 31.3. The van der Waals surface area contributed by atoms with Crippen LogP contribution in [0.3, 0.4) is 0 Å². The number of hydrogen-bond acceptors (Lipinski definition) is 15. The van der Waals surface area contributed by atoms with E-state index in [0.29, 0.717) is 12.8 Å². The molecule has 0 aromatic carbocycles. The number of carbonyl (C=O) groups excluding carboxylic acids is 2. The SMILES string of the molecule is CCCCCCCC/C=C\CCCCCCCC(=O)OC[C@H](COP(=O)(O)OP(=O)(O)OC[C@H]1O[C@@H](n2ccc(N)nc2=O)[C@H](O)[C@@H]1O)OC(=O)CCCCCCC/C=C\CCCCCCCC. The van der Waals surface area contributed by atoms with Gasteiger partial charge in [0.15, 0.2) is 12.3 Å². The minimum Gasteiger partial charge on any atom is -0.462 e. The largest absolute Gasteiger partial charge is 0.481 e. The van der Waals surface area contributed by atoms with E-state index in [1.807, 2.05) is 0 Å². The Morgan fingerprint density at radius 3 is 1.65 bits per heavy atom. The molecule has 2 unspecified atom stereocenters. The number of aromatic nitrogens is 2. The number of anilines is 1. The van der Waals surface area contributed by atoms with Crippen LogP contribution in [0.1, 0.15) is 200 Å². The van der Waals surface area contributed by atoms with Crippen LogP contribution in [-0.4, -0.2) is 85.7 Å². The number of aliphatic hydroxyl groups is 2. The number of phosphoric ester groups is 2. The van der Waals surface area contributed by atoms with Crippen LogP contribution in [0.5, 0.6) is 0 Å². The van der Waals surface area contributed by atoms with E-state index in [-0.39, 0.29) is 18.7 Å². The first-order valence-corrected chi connectivity index (χ1v) is 28.3. The molecule has 0 radical (unpaired) electrons. The van der Waals surface area contributed by atoms with Gasteiger partial charge in [-0.1, -0.05) is 141 Å². The molecule has 0 bridgehead atoms. The second-order valence-corrected chi connectivity index (χ2v) is 20.7. The van der Waals surface area contributed by atoms with Crippen LogP contribution < -0.4 is 11.4 Å². The summed E-state index contributed by atoms with van der Waals surface area (Å²) in [6, 6.07) is 1.25. The van der Waals surface area contributed by atoms with Gasteiger partial charge in [0.1, 0.15) is 30.7 Å². The van der Waals surface area contributed by atoms with Crippen molar-refractivity contribution in [2.24, 2.45) is 0 Å². The van der Waals surface area contributed by atoms with Gasteiger partial charge in [0, 0.05) is 19.0 Å². The lowest BCUT2D eigenvalue weighted by Gasteiger charge is -2.21. The van der Waals surface area contributed by atoms with E-state index in [9.17, 15) is 43.5 Å². The van der Waals surface area contributed by atoms with Crippen molar-refractivity contribution < 1.29 is 66.3 Å². The molecule has 1 aromatic heterocycles. The van der Waals surface area contributed by atoms with Gasteiger partial charge in [-0.15, -0.1) is 0 Å². The Morgan fingerprint density at radius 1 is 0.691 bits per heavy atom. The van der Waals surface area contributed by atoms with Crippen LogP contribution in [-0.2, 0) is 46.3 Å². The fourth-order valence-electron chi connectivity index (χ4n) is 7.54. The van der Waals surface area contributed by atoms with E-state index < -0.39 is 83.7 Å². The van der Waals surface area contributed by atoms with Gasteiger partial charge in [0.05, 0.1) is 13.2 Å². The molecule has 18 nitrogen and oxygen atoms in total. The number of nitrogens with two attached hydrogens (primary N) is 1. The summed E-state index contributed by atoms with van der Waals surface area (Å²) in [7, 11) is -10.8. The van der Waals surface area contributed by atoms with Crippen LogP contribution in [0.15, 0.2) is 41.4 Å². The standard InChI is InChI=1S/C48H85N3O15P2/c1-3-5-7-9-11-13-15-17-19-21-23-25-27-29-31-33-43(52)61-37-40(64-44(53)34-32-30-28-26-24-22-20-18-16-14-12-10-8-6-4-2)38-62-67(57,58)66-68(59,60)63-39-41-45(54)46(55)47(65-41)51-36-35-42(49)50-48(51)56/h17-20,35-36,40-41,45-47,54-55H,3-16,21-34,37-39H2,1-2H3,(H,57,58)(H,59,60)(H2,49,50,56)/b19-17-,20-18-/t40-,41-,45-,46-,47-/m1/s1. The molecule has 0 amide bonds. The van der Waals surface area contributed by atoms with E-state index in [1.165, 1.54) is 89.3 Å². The highest BCUT2D eigenvalue weighted by Crippen LogP contribution is 2.60. The van der Waals surface area contributed by atoms with Gasteiger partial charge in [-0.3, -0.25) is 23.2 Å². The maximum absolute atomic E-state index is 12.8. The molecule has 20 heteroatoms. The minimum atomic E-state index is -5.42. The molecular formula is C48H85N3O15P2. The van der Waals surface area contributed by atoms with E-state index in [1.54, 1.807) is 0 Å². The van der Waals surface area contributed by atoms with Gasteiger partial charge < -0.3 is 39.9 Å². The summed E-state index contributed by atoms with van der Waals surface area (Å²) in [6.45, 7) is 2.14. The Bertz CT molecular complexity index is 1730. The highest BCUT2D eigenvalue weighted by molar-refractivity contribution is 7.61. The Kier molecular flexibility index (Phi) is 33.5. The van der Waals surface area contributed by atoms with Crippen molar-refractivity contribution in [3.05, 3.63) is 47.1 Å². The molecule has 7 atom stereocenters. The van der Waals surface area contributed by atoms with Crippen molar-refractivity contribution in [1.29, 1.82) is 0 Å². The summed E-state index contributed by atoms with van der Waals surface area (Å²) in [5, 5.41) is 20.9.